The Balaban J connectivity index is 2.77. The van der Waals surface area contributed by atoms with Gasteiger partial charge in [-0.15, -0.1) is 0 Å². The van der Waals surface area contributed by atoms with Crippen LogP contribution >= 0.6 is 47.8 Å². The highest BCUT2D eigenvalue weighted by Gasteiger charge is 2.27. The van der Waals surface area contributed by atoms with Crippen LogP contribution in [0.2, 0.25) is 0 Å². The number of ketones is 1. The summed E-state index contributed by atoms with van der Waals surface area (Å²) in [5, 5.41) is 19.3. The average Bonchev–Trinajstić information content (AvgIpc) is 2.68. The first-order valence-corrected chi connectivity index (χ1v) is 9.98. The van der Waals surface area contributed by atoms with Crippen molar-refractivity contribution >= 4 is 53.6 Å². The Morgan fingerprint density at radius 1 is 0.852 bits per heavy atom. The van der Waals surface area contributed by atoms with Gasteiger partial charge in [0.25, 0.3) is 0 Å². The van der Waals surface area contributed by atoms with Crippen LogP contribution < -0.4 is 14.2 Å². The SMILES string of the molecule is COc1cc(C(=O)c2c(CO)cc(CO)c(OC)c2Br)c(Br)c(Br)c1OC. The molecule has 6 nitrogen and oxygen atoms in total. The molecule has 2 aromatic rings. The fraction of sp³-hybridized carbons (Fsp3) is 0.278. The van der Waals surface area contributed by atoms with Gasteiger partial charge < -0.3 is 24.4 Å². The quantitative estimate of drug-likeness (QED) is 0.487. The fourth-order valence-electron chi connectivity index (χ4n) is 2.68. The van der Waals surface area contributed by atoms with Crippen LogP contribution in [-0.4, -0.2) is 37.3 Å². The van der Waals surface area contributed by atoms with E-state index in [0.717, 1.165) is 0 Å². The Hall–Kier alpha value is -1.13. The summed E-state index contributed by atoms with van der Waals surface area (Å²) in [4.78, 5) is 13.3. The smallest absolute Gasteiger partial charge is 0.195 e. The molecule has 0 saturated heterocycles. The molecule has 0 aromatic heterocycles. The zero-order chi connectivity index (χ0) is 20.3. The van der Waals surface area contributed by atoms with Crippen LogP contribution in [0.25, 0.3) is 0 Å². The van der Waals surface area contributed by atoms with Crippen LogP contribution in [0.5, 0.6) is 17.2 Å². The van der Waals surface area contributed by atoms with E-state index in [1.807, 2.05) is 0 Å². The summed E-state index contributed by atoms with van der Waals surface area (Å²) in [6.07, 6.45) is 0. The van der Waals surface area contributed by atoms with Crippen molar-refractivity contribution < 1.29 is 29.2 Å². The molecule has 0 fully saturated rings. The molecule has 0 spiro atoms. The van der Waals surface area contributed by atoms with E-state index in [-0.39, 0.29) is 24.6 Å². The van der Waals surface area contributed by atoms with Crippen LogP contribution in [0.15, 0.2) is 25.6 Å². The molecule has 0 unspecified atom stereocenters. The van der Waals surface area contributed by atoms with Crippen molar-refractivity contribution in [1.29, 1.82) is 0 Å². The summed E-state index contributed by atoms with van der Waals surface area (Å²) in [5.41, 5.74) is 1.34. The summed E-state index contributed by atoms with van der Waals surface area (Å²) in [6, 6.07) is 3.09. The normalized spacial score (nSPS) is 10.7. The minimum atomic E-state index is -0.386. The van der Waals surface area contributed by atoms with Crippen LogP contribution in [0.3, 0.4) is 0 Å². The molecule has 0 saturated carbocycles. The number of ether oxygens (including phenoxy) is 3. The lowest BCUT2D eigenvalue weighted by atomic mass is 9.95. The maximum Gasteiger partial charge on any atom is 0.195 e. The van der Waals surface area contributed by atoms with Gasteiger partial charge in [0, 0.05) is 21.2 Å². The van der Waals surface area contributed by atoms with Gasteiger partial charge in [-0.25, -0.2) is 0 Å². The molecular formula is C18H17Br3O6. The van der Waals surface area contributed by atoms with Gasteiger partial charge in [0.15, 0.2) is 17.3 Å². The van der Waals surface area contributed by atoms with Crippen molar-refractivity contribution in [1.82, 2.24) is 0 Å². The largest absolute Gasteiger partial charge is 0.495 e. The standard InChI is InChI=1S/C18H17Br3O6/c1-25-11-5-10(13(19)15(21)18(11)27-3)16(24)12-8(6-22)4-9(7-23)17(26-2)14(12)20/h4-5,22-23H,6-7H2,1-3H3. The first-order chi connectivity index (χ1) is 12.9. The monoisotopic (exact) mass is 566 g/mol. The molecule has 146 valence electrons. The first kappa shape index (κ1) is 22.2. The first-order valence-electron chi connectivity index (χ1n) is 7.60. The highest BCUT2D eigenvalue weighted by atomic mass is 79.9. The van der Waals surface area contributed by atoms with Crippen LogP contribution in [0.4, 0.5) is 0 Å². The number of halogens is 3. The van der Waals surface area contributed by atoms with Crippen molar-refractivity contribution in [3.05, 3.63) is 47.8 Å². The lowest BCUT2D eigenvalue weighted by Gasteiger charge is -2.18. The Kier molecular flexibility index (Phi) is 7.70. The maximum atomic E-state index is 13.3. The van der Waals surface area contributed by atoms with Gasteiger partial charge in [0.1, 0.15) is 5.75 Å². The van der Waals surface area contributed by atoms with Crippen molar-refractivity contribution in [3.8, 4) is 17.2 Å². The molecule has 9 heteroatoms. The van der Waals surface area contributed by atoms with E-state index in [9.17, 15) is 15.0 Å². The van der Waals surface area contributed by atoms with E-state index >= 15 is 0 Å². The number of aliphatic hydroxyl groups is 2. The number of benzene rings is 2. The van der Waals surface area contributed by atoms with Crippen molar-refractivity contribution in [3.63, 3.8) is 0 Å². The third-order valence-electron chi connectivity index (χ3n) is 3.95. The summed E-state index contributed by atoms with van der Waals surface area (Å²) >= 11 is 10.2. The second-order valence-corrected chi connectivity index (χ2v) is 7.73. The Labute approximate surface area is 181 Å². The summed E-state index contributed by atoms with van der Waals surface area (Å²) in [5.74, 6) is 0.767. The van der Waals surface area contributed by atoms with Gasteiger partial charge in [-0.05, 0) is 65.5 Å². The number of carbonyl (C=O) groups is 1. The molecule has 0 atom stereocenters. The molecule has 0 heterocycles. The molecule has 0 aliphatic heterocycles. The van der Waals surface area contributed by atoms with E-state index in [1.54, 1.807) is 12.1 Å². The number of hydrogen-bond donors (Lipinski definition) is 2. The third kappa shape index (κ3) is 4.02. The zero-order valence-electron chi connectivity index (χ0n) is 14.7. The number of aliphatic hydroxyl groups excluding tert-OH is 2. The minimum Gasteiger partial charge on any atom is -0.495 e. The van der Waals surface area contributed by atoms with Gasteiger partial charge in [-0.1, -0.05) is 0 Å². The minimum absolute atomic E-state index is 0.228. The van der Waals surface area contributed by atoms with E-state index in [1.165, 1.54) is 21.3 Å². The number of hydrogen-bond acceptors (Lipinski definition) is 6. The lowest BCUT2D eigenvalue weighted by molar-refractivity contribution is 0.103. The van der Waals surface area contributed by atoms with Gasteiger partial charge in [-0.2, -0.15) is 0 Å². The maximum absolute atomic E-state index is 13.3. The molecule has 0 bridgehead atoms. The predicted octanol–water partition coefficient (Wildman–Crippen LogP) is 4.22. The van der Waals surface area contributed by atoms with E-state index < -0.39 is 0 Å². The molecule has 2 rings (SSSR count). The number of carbonyl (C=O) groups excluding carboxylic acids is 1. The second-order valence-electron chi connectivity index (χ2n) is 5.35. The predicted molar refractivity (Wildman–Crippen MR) is 111 cm³/mol. The number of methoxy groups -OCH3 is 3. The second kappa shape index (κ2) is 9.38. The average molecular weight is 569 g/mol. The van der Waals surface area contributed by atoms with Crippen LogP contribution in [-0.2, 0) is 13.2 Å². The Morgan fingerprint density at radius 2 is 1.44 bits per heavy atom. The van der Waals surface area contributed by atoms with E-state index in [2.05, 4.69) is 47.8 Å². The van der Waals surface area contributed by atoms with Crippen molar-refractivity contribution in [2.75, 3.05) is 21.3 Å². The van der Waals surface area contributed by atoms with Crippen molar-refractivity contribution in [2.45, 2.75) is 13.2 Å². The summed E-state index contributed by atoms with van der Waals surface area (Å²) in [6.45, 7) is -0.683. The van der Waals surface area contributed by atoms with E-state index in [4.69, 9.17) is 14.2 Å². The number of rotatable bonds is 7. The van der Waals surface area contributed by atoms with Crippen LogP contribution in [0, 0.1) is 0 Å². The molecule has 0 aliphatic carbocycles. The Morgan fingerprint density at radius 3 is 1.93 bits per heavy atom. The highest BCUT2D eigenvalue weighted by Crippen LogP contribution is 2.44. The topological polar surface area (TPSA) is 85.2 Å². The van der Waals surface area contributed by atoms with Gasteiger partial charge >= 0.3 is 0 Å². The fourth-order valence-corrected chi connectivity index (χ4v) is 4.58. The highest BCUT2D eigenvalue weighted by molar-refractivity contribution is 9.13. The van der Waals surface area contributed by atoms with Gasteiger partial charge in [-0.3, -0.25) is 4.79 Å². The molecule has 2 N–H and O–H groups in total. The Bertz CT molecular complexity index is 882. The van der Waals surface area contributed by atoms with Gasteiger partial charge in [0.2, 0.25) is 0 Å². The zero-order valence-corrected chi connectivity index (χ0v) is 19.5. The molecular weight excluding hydrogens is 552 g/mol. The molecule has 0 amide bonds. The molecule has 27 heavy (non-hydrogen) atoms. The summed E-state index contributed by atoms with van der Waals surface area (Å²) in [7, 11) is 4.41. The molecule has 0 radical (unpaired) electrons. The van der Waals surface area contributed by atoms with Gasteiger partial charge in [0.05, 0.1) is 43.5 Å². The molecule has 0 aliphatic rings. The molecule has 2 aromatic carbocycles. The van der Waals surface area contributed by atoms with E-state index in [0.29, 0.717) is 47.4 Å². The van der Waals surface area contributed by atoms with Crippen LogP contribution in [0.1, 0.15) is 27.0 Å². The summed E-state index contributed by atoms with van der Waals surface area (Å²) < 4.78 is 17.3. The third-order valence-corrected chi connectivity index (χ3v) is 6.82. The van der Waals surface area contributed by atoms with Crippen molar-refractivity contribution in [2.24, 2.45) is 0 Å². The lowest BCUT2D eigenvalue weighted by Crippen LogP contribution is -2.11.